The highest BCUT2D eigenvalue weighted by Gasteiger charge is 2.25. The SMILES string of the molecule is CCCS(=O)(=O)N1CCC(=NO)CC1. The molecule has 0 radical (unpaired) electrons. The smallest absolute Gasteiger partial charge is 0.214 e. The molecule has 0 atom stereocenters. The van der Waals surface area contributed by atoms with Crippen LogP contribution in [-0.2, 0) is 10.0 Å². The number of nitrogens with zero attached hydrogens (tertiary/aromatic N) is 2. The van der Waals surface area contributed by atoms with Crippen LogP contribution in [0.2, 0.25) is 0 Å². The van der Waals surface area contributed by atoms with Crippen molar-refractivity contribution in [1.29, 1.82) is 0 Å². The summed E-state index contributed by atoms with van der Waals surface area (Å²) in [5.74, 6) is 0.207. The maximum atomic E-state index is 11.6. The Labute approximate surface area is 84.5 Å². The number of rotatable bonds is 3. The topological polar surface area (TPSA) is 70.0 Å². The first kappa shape index (κ1) is 11.5. The second-order valence-corrected chi connectivity index (χ2v) is 5.47. The average Bonchev–Trinajstić information content (AvgIpc) is 2.18. The van der Waals surface area contributed by atoms with Gasteiger partial charge in [0.25, 0.3) is 0 Å². The van der Waals surface area contributed by atoms with Gasteiger partial charge in [0.05, 0.1) is 11.5 Å². The van der Waals surface area contributed by atoms with Crippen LogP contribution in [0.15, 0.2) is 5.16 Å². The number of hydrogen-bond donors (Lipinski definition) is 1. The summed E-state index contributed by atoms with van der Waals surface area (Å²) in [6.07, 6.45) is 1.72. The molecule has 1 fully saturated rings. The molecule has 0 aliphatic carbocycles. The van der Waals surface area contributed by atoms with Gasteiger partial charge in [-0.2, -0.15) is 0 Å². The van der Waals surface area contributed by atoms with Crippen LogP contribution < -0.4 is 0 Å². The third kappa shape index (κ3) is 2.68. The van der Waals surface area contributed by atoms with Crippen molar-refractivity contribution in [3.63, 3.8) is 0 Å². The van der Waals surface area contributed by atoms with Gasteiger partial charge in [-0.25, -0.2) is 12.7 Å². The van der Waals surface area contributed by atoms with Crippen LogP contribution in [0.4, 0.5) is 0 Å². The highest BCUT2D eigenvalue weighted by molar-refractivity contribution is 7.89. The molecule has 82 valence electrons. The second kappa shape index (κ2) is 4.75. The van der Waals surface area contributed by atoms with E-state index in [2.05, 4.69) is 5.16 Å². The van der Waals surface area contributed by atoms with E-state index < -0.39 is 10.0 Å². The summed E-state index contributed by atoms with van der Waals surface area (Å²) >= 11 is 0. The third-order valence-corrected chi connectivity index (χ3v) is 4.37. The van der Waals surface area contributed by atoms with E-state index in [4.69, 9.17) is 5.21 Å². The van der Waals surface area contributed by atoms with Gasteiger partial charge in [-0.15, -0.1) is 0 Å². The quantitative estimate of drug-likeness (QED) is 0.561. The fourth-order valence-corrected chi connectivity index (χ4v) is 3.02. The molecular weight excluding hydrogens is 204 g/mol. The van der Waals surface area contributed by atoms with Gasteiger partial charge < -0.3 is 5.21 Å². The van der Waals surface area contributed by atoms with Crippen LogP contribution in [0.25, 0.3) is 0 Å². The van der Waals surface area contributed by atoms with E-state index in [9.17, 15) is 8.42 Å². The highest BCUT2D eigenvalue weighted by Crippen LogP contribution is 2.12. The van der Waals surface area contributed by atoms with E-state index in [0.717, 1.165) is 0 Å². The Morgan fingerprint density at radius 2 is 2.00 bits per heavy atom. The van der Waals surface area contributed by atoms with E-state index >= 15 is 0 Å². The molecule has 1 aliphatic heterocycles. The summed E-state index contributed by atoms with van der Waals surface area (Å²) in [4.78, 5) is 0. The molecule has 0 amide bonds. The van der Waals surface area contributed by atoms with E-state index in [-0.39, 0.29) is 5.75 Å². The molecule has 0 unspecified atom stereocenters. The first-order chi connectivity index (χ1) is 6.60. The zero-order valence-electron chi connectivity index (χ0n) is 8.31. The summed E-state index contributed by atoms with van der Waals surface area (Å²) in [6, 6.07) is 0. The van der Waals surface area contributed by atoms with Crippen molar-refractivity contribution >= 4 is 15.7 Å². The van der Waals surface area contributed by atoms with Crippen molar-refractivity contribution in [3.8, 4) is 0 Å². The normalized spacial score (nSPS) is 19.6. The molecule has 0 aromatic carbocycles. The molecule has 1 saturated heterocycles. The maximum absolute atomic E-state index is 11.6. The molecular formula is C8H16N2O3S. The van der Waals surface area contributed by atoms with Crippen LogP contribution in [0.5, 0.6) is 0 Å². The average molecular weight is 220 g/mol. The number of piperidine rings is 1. The van der Waals surface area contributed by atoms with Gasteiger partial charge in [-0.1, -0.05) is 12.1 Å². The zero-order valence-corrected chi connectivity index (χ0v) is 9.13. The number of oxime groups is 1. The fraction of sp³-hybridized carbons (Fsp3) is 0.875. The van der Waals surface area contributed by atoms with Gasteiger partial charge >= 0.3 is 0 Å². The summed E-state index contributed by atoms with van der Waals surface area (Å²) in [6.45, 7) is 2.74. The summed E-state index contributed by atoms with van der Waals surface area (Å²) in [7, 11) is -3.07. The second-order valence-electron chi connectivity index (χ2n) is 3.38. The van der Waals surface area contributed by atoms with Gasteiger partial charge in [0, 0.05) is 25.9 Å². The van der Waals surface area contributed by atoms with Crippen LogP contribution in [-0.4, -0.2) is 42.5 Å². The minimum atomic E-state index is -3.07. The van der Waals surface area contributed by atoms with Gasteiger partial charge in [-0.05, 0) is 6.42 Å². The Morgan fingerprint density at radius 1 is 1.43 bits per heavy atom. The highest BCUT2D eigenvalue weighted by atomic mass is 32.2. The van der Waals surface area contributed by atoms with Crippen molar-refractivity contribution in [1.82, 2.24) is 4.31 Å². The molecule has 0 aromatic rings. The lowest BCUT2D eigenvalue weighted by atomic mass is 10.1. The van der Waals surface area contributed by atoms with Crippen molar-refractivity contribution in [2.24, 2.45) is 5.16 Å². The number of hydrogen-bond acceptors (Lipinski definition) is 4. The largest absolute Gasteiger partial charge is 0.411 e. The van der Waals surface area contributed by atoms with Gasteiger partial charge in [-0.3, -0.25) is 0 Å². The van der Waals surface area contributed by atoms with Crippen molar-refractivity contribution < 1.29 is 13.6 Å². The molecule has 6 heteroatoms. The van der Waals surface area contributed by atoms with E-state index in [0.29, 0.717) is 38.1 Å². The monoisotopic (exact) mass is 220 g/mol. The molecule has 1 rings (SSSR count). The van der Waals surface area contributed by atoms with Crippen LogP contribution in [0, 0.1) is 0 Å². The Bertz CT molecular complexity index is 301. The molecule has 5 nitrogen and oxygen atoms in total. The molecule has 0 aromatic heterocycles. The molecule has 1 heterocycles. The maximum Gasteiger partial charge on any atom is 0.214 e. The predicted octanol–water partition coefficient (Wildman–Crippen LogP) is 0.652. The zero-order chi connectivity index (χ0) is 10.6. The third-order valence-electron chi connectivity index (χ3n) is 2.30. The van der Waals surface area contributed by atoms with Crippen LogP contribution >= 0.6 is 0 Å². The standard InChI is InChI=1S/C8H16N2O3S/c1-2-7-14(12,13)10-5-3-8(9-11)4-6-10/h11H,2-7H2,1H3. The molecule has 0 saturated carbocycles. The lowest BCUT2D eigenvalue weighted by Gasteiger charge is -2.26. The van der Waals surface area contributed by atoms with Gasteiger partial charge in [0.1, 0.15) is 0 Å². The fourth-order valence-electron chi connectivity index (χ4n) is 1.51. The minimum absolute atomic E-state index is 0.207. The molecule has 1 N–H and O–H groups in total. The lowest BCUT2D eigenvalue weighted by molar-refractivity contribution is 0.309. The lowest BCUT2D eigenvalue weighted by Crippen LogP contribution is -2.39. The van der Waals surface area contributed by atoms with Crippen molar-refractivity contribution in [2.45, 2.75) is 26.2 Å². The van der Waals surface area contributed by atoms with Crippen LogP contribution in [0.1, 0.15) is 26.2 Å². The van der Waals surface area contributed by atoms with Crippen molar-refractivity contribution in [2.75, 3.05) is 18.8 Å². The summed E-state index contributed by atoms with van der Waals surface area (Å²) in [5, 5.41) is 11.6. The molecule has 0 bridgehead atoms. The Balaban J connectivity index is 2.57. The van der Waals surface area contributed by atoms with Gasteiger partial charge in [0.2, 0.25) is 10.0 Å². The molecule has 14 heavy (non-hydrogen) atoms. The van der Waals surface area contributed by atoms with Crippen molar-refractivity contribution in [3.05, 3.63) is 0 Å². The van der Waals surface area contributed by atoms with Crippen LogP contribution in [0.3, 0.4) is 0 Å². The van der Waals surface area contributed by atoms with E-state index in [1.807, 2.05) is 6.92 Å². The Morgan fingerprint density at radius 3 is 2.43 bits per heavy atom. The summed E-state index contributed by atoms with van der Waals surface area (Å²) in [5.41, 5.74) is 0.688. The Hall–Kier alpha value is -0.620. The molecule has 1 aliphatic rings. The first-order valence-corrected chi connectivity index (χ1v) is 6.38. The number of sulfonamides is 1. The summed E-state index contributed by atoms with van der Waals surface area (Å²) < 4.78 is 24.7. The first-order valence-electron chi connectivity index (χ1n) is 4.77. The van der Waals surface area contributed by atoms with E-state index in [1.54, 1.807) is 0 Å². The molecule has 0 spiro atoms. The Kier molecular flexibility index (Phi) is 3.88. The predicted molar refractivity (Wildman–Crippen MR) is 54.1 cm³/mol. The minimum Gasteiger partial charge on any atom is -0.411 e. The van der Waals surface area contributed by atoms with E-state index in [1.165, 1.54) is 4.31 Å². The van der Waals surface area contributed by atoms with Gasteiger partial charge in [0.15, 0.2) is 0 Å².